The summed E-state index contributed by atoms with van der Waals surface area (Å²) >= 11 is 3.60. The van der Waals surface area contributed by atoms with Crippen LogP contribution in [-0.2, 0) is 19.1 Å². The number of amides is 1. The third-order valence-corrected chi connectivity index (χ3v) is 6.28. The second-order valence-corrected chi connectivity index (χ2v) is 8.49. The highest BCUT2D eigenvalue weighted by Gasteiger charge is 2.53. The van der Waals surface area contributed by atoms with Crippen molar-refractivity contribution in [1.29, 1.82) is 0 Å². The first-order valence-corrected chi connectivity index (χ1v) is 10.8. The van der Waals surface area contributed by atoms with Gasteiger partial charge in [-0.15, -0.1) is 5.92 Å². The first-order valence-electron chi connectivity index (χ1n) is 10.0. The van der Waals surface area contributed by atoms with Gasteiger partial charge in [-0.25, -0.2) is 0 Å². The van der Waals surface area contributed by atoms with Crippen molar-refractivity contribution < 1.29 is 19.1 Å². The number of rotatable bonds is 7. The van der Waals surface area contributed by atoms with Gasteiger partial charge in [0.05, 0.1) is 24.5 Å². The maximum Gasteiger partial charge on any atom is 0.313 e. The van der Waals surface area contributed by atoms with Gasteiger partial charge in [0, 0.05) is 16.6 Å². The number of hydrogen-bond acceptors (Lipinski definition) is 4. The normalized spacial score (nSPS) is 22.3. The molecule has 0 aromatic heterocycles. The molecule has 1 fully saturated rings. The molecule has 1 aliphatic carbocycles. The molecule has 158 valence electrons. The van der Waals surface area contributed by atoms with Gasteiger partial charge in [0.2, 0.25) is 5.91 Å². The maximum absolute atomic E-state index is 13.1. The summed E-state index contributed by atoms with van der Waals surface area (Å²) in [6.45, 7) is 6.35. The Kier molecular flexibility index (Phi) is 8.30. The molecule has 5 nitrogen and oxygen atoms in total. The molecule has 0 radical (unpaired) electrons. The zero-order valence-electron chi connectivity index (χ0n) is 17.6. The number of primary amides is 1. The predicted molar refractivity (Wildman–Crippen MR) is 116 cm³/mol. The Morgan fingerprint density at radius 2 is 2.14 bits per heavy atom. The standard InChI is InChI=1S/C23H30BrNO4/c1-5-8-16-12-15(3)19(18(24)13-16)20(21(25)26)23(22(27)28-4)10-7-9-17(14-23)29-11-6-2/h12-13,17,20H,6-7,9-11,14H2,1-4H3,(H2,25,26). The van der Waals surface area contributed by atoms with Crippen molar-refractivity contribution in [1.82, 2.24) is 0 Å². The fourth-order valence-corrected chi connectivity index (χ4v) is 5.27. The summed E-state index contributed by atoms with van der Waals surface area (Å²) in [6.07, 6.45) is 3.36. The lowest BCUT2D eigenvalue weighted by atomic mass is 9.62. The summed E-state index contributed by atoms with van der Waals surface area (Å²) in [6, 6.07) is 3.79. The van der Waals surface area contributed by atoms with Crippen molar-refractivity contribution in [3.8, 4) is 11.8 Å². The van der Waals surface area contributed by atoms with E-state index in [1.807, 2.05) is 26.0 Å². The first kappa shape index (κ1) is 23.4. The number of benzene rings is 1. The minimum absolute atomic E-state index is 0.103. The second kappa shape index (κ2) is 10.3. The van der Waals surface area contributed by atoms with Gasteiger partial charge >= 0.3 is 5.97 Å². The molecule has 1 amide bonds. The molecule has 0 saturated heterocycles. The zero-order valence-corrected chi connectivity index (χ0v) is 19.2. The maximum atomic E-state index is 13.1. The van der Waals surface area contributed by atoms with Gasteiger partial charge in [-0.05, 0) is 69.2 Å². The number of carbonyl (C=O) groups excluding carboxylic acids is 2. The Balaban J connectivity index is 2.61. The smallest absolute Gasteiger partial charge is 0.313 e. The molecule has 1 aliphatic rings. The first-order chi connectivity index (χ1) is 13.8. The van der Waals surface area contributed by atoms with Gasteiger partial charge in [0.1, 0.15) is 0 Å². The van der Waals surface area contributed by atoms with E-state index < -0.39 is 23.2 Å². The molecule has 2 rings (SSSR count). The van der Waals surface area contributed by atoms with E-state index in [4.69, 9.17) is 15.2 Å². The summed E-state index contributed by atoms with van der Waals surface area (Å²) in [7, 11) is 1.36. The SMILES string of the molecule is CC#Cc1cc(C)c(C(C(N)=O)C2(C(=O)OC)CCCC(OCCC)C2)c(Br)c1. The fraction of sp³-hybridized carbons (Fsp3) is 0.565. The van der Waals surface area contributed by atoms with E-state index in [1.54, 1.807) is 6.92 Å². The van der Waals surface area contributed by atoms with E-state index in [0.29, 0.717) is 19.4 Å². The minimum Gasteiger partial charge on any atom is -0.469 e. The average molecular weight is 464 g/mol. The molecule has 6 heteroatoms. The second-order valence-electron chi connectivity index (χ2n) is 7.64. The van der Waals surface area contributed by atoms with Crippen LogP contribution in [0, 0.1) is 24.2 Å². The predicted octanol–water partition coefficient (Wildman–Crippen LogP) is 4.23. The van der Waals surface area contributed by atoms with Gasteiger partial charge in [-0.2, -0.15) is 0 Å². The molecule has 29 heavy (non-hydrogen) atoms. The van der Waals surface area contributed by atoms with Crippen LogP contribution in [0.4, 0.5) is 0 Å². The Morgan fingerprint density at radius 3 is 2.69 bits per heavy atom. The molecule has 0 heterocycles. The highest BCUT2D eigenvalue weighted by Crippen LogP contribution is 2.51. The molecular weight excluding hydrogens is 434 g/mol. The molecule has 0 spiro atoms. The van der Waals surface area contributed by atoms with Gasteiger partial charge in [0.25, 0.3) is 0 Å². The third-order valence-electron chi connectivity index (χ3n) is 5.62. The van der Waals surface area contributed by atoms with Crippen molar-refractivity contribution in [2.24, 2.45) is 11.1 Å². The van der Waals surface area contributed by atoms with Gasteiger partial charge in [0.15, 0.2) is 0 Å². The lowest BCUT2D eigenvalue weighted by Crippen LogP contribution is -2.49. The lowest BCUT2D eigenvalue weighted by Gasteiger charge is -2.43. The Bertz CT molecular complexity index is 803. The fourth-order valence-electron chi connectivity index (χ4n) is 4.48. The molecule has 1 aromatic rings. The monoisotopic (exact) mass is 463 g/mol. The topological polar surface area (TPSA) is 78.6 Å². The van der Waals surface area contributed by atoms with Crippen LogP contribution in [0.3, 0.4) is 0 Å². The Morgan fingerprint density at radius 1 is 1.41 bits per heavy atom. The molecular formula is C23H30BrNO4. The van der Waals surface area contributed by atoms with Crippen molar-refractivity contribution in [3.05, 3.63) is 33.3 Å². The average Bonchev–Trinajstić information content (AvgIpc) is 2.68. The number of esters is 1. The zero-order chi connectivity index (χ0) is 21.6. The summed E-state index contributed by atoms with van der Waals surface area (Å²) in [5.41, 5.74) is 7.29. The molecule has 2 N–H and O–H groups in total. The lowest BCUT2D eigenvalue weighted by molar-refractivity contribution is -0.163. The van der Waals surface area contributed by atoms with E-state index in [1.165, 1.54) is 7.11 Å². The van der Waals surface area contributed by atoms with Crippen LogP contribution in [0.25, 0.3) is 0 Å². The number of hydrogen-bond donors (Lipinski definition) is 1. The van der Waals surface area contributed by atoms with E-state index in [2.05, 4.69) is 27.8 Å². The highest BCUT2D eigenvalue weighted by atomic mass is 79.9. The van der Waals surface area contributed by atoms with Crippen molar-refractivity contribution in [2.75, 3.05) is 13.7 Å². The van der Waals surface area contributed by atoms with E-state index >= 15 is 0 Å². The van der Waals surface area contributed by atoms with Gasteiger partial charge < -0.3 is 15.2 Å². The third kappa shape index (κ3) is 5.02. The summed E-state index contributed by atoms with van der Waals surface area (Å²) in [5.74, 6) is 4.15. The summed E-state index contributed by atoms with van der Waals surface area (Å²) in [4.78, 5) is 25.9. The number of nitrogens with two attached hydrogens (primary N) is 1. The summed E-state index contributed by atoms with van der Waals surface area (Å²) in [5, 5.41) is 0. The van der Waals surface area contributed by atoms with Crippen molar-refractivity contribution in [3.63, 3.8) is 0 Å². The van der Waals surface area contributed by atoms with Crippen LogP contribution in [0.15, 0.2) is 16.6 Å². The molecule has 0 aliphatic heterocycles. The van der Waals surface area contributed by atoms with Crippen LogP contribution in [0.1, 0.15) is 68.6 Å². The van der Waals surface area contributed by atoms with Gasteiger partial charge in [-0.3, -0.25) is 9.59 Å². The molecule has 3 unspecified atom stereocenters. The molecule has 1 aromatic carbocycles. The Hall–Kier alpha value is -1.84. The van der Waals surface area contributed by atoms with Crippen LogP contribution in [0.5, 0.6) is 0 Å². The number of methoxy groups -OCH3 is 1. The largest absolute Gasteiger partial charge is 0.469 e. The van der Waals surface area contributed by atoms with Crippen molar-refractivity contribution in [2.45, 2.75) is 64.9 Å². The van der Waals surface area contributed by atoms with E-state index in [9.17, 15) is 9.59 Å². The van der Waals surface area contributed by atoms with Crippen LogP contribution in [0.2, 0.25) is 0 Å². The quantitative estimate of drug-likeness (QED) is 0.484. The van der Waals surface area contributed by atoms with Crippen LogP contribution >= 0.6 is 15.9 Å². The van der Waals surface area contributed by atoms with E-state index in [0.717, 1.165) is 40.4 Å². The van der Waals surface area contributed by atoms with Crippen LogP contribution < -0.4 is 5.73 Å². The number of carbonyl (C=O) groups is 2. The number of halogens is 1. The number of aryl methyl sites for hydroxylation is 1. The van der Waals surface area contributed by atoms with Gasteiger partial charge in [-0.1, -0.05) is 28.8 Å². The summed E-state index contributed by atoms with van der Waals surface area (Å²) < 4.78 is 11.9. The molecule has 1 saturated carbocycles. The van der Waals surface area contributed by atoms with Crippen LogP contribution in [-0.4, -0.2) is 31.7 Å². The van der Waals surface area contributed by atoms with Crippen molar-refractivity contribution >= 4 is 27.8 Å². The number of ether oxygens (including phenoxy) is 2. The Labute approximate surface area is 181 Å². The van der Waals surface area contributed by atoms with E-state index in [-0.39, 0.29) is 6.10 Å². The minimum atomic E-state index is -1.05. The highest BCUT2D eigenvalue weighted by molar-refractivity contribution is 9.10. The molecule has 3 atom stereocenters. The molecule has 0 bridgehead atoms.